The summed E-state index contributed by atoms with van der Waals surface area (Å²) in [4.78, 5) is 26.2. The van der Waals surface area contributed by atoms with Crippen LogP contribution in [0.25, 0.3) is 0 Å². The summed E-state index contributed by atoms with van der Waals surface area (Å²) in [5.74, 6) is -0.0569. The highest BCUT2D eigenvalue weighted by atomic mass is 16.2. The Morgan fingerprint density at radius 2 is 1.76 bits per heavy atom. The van der Waals surface area contributed by atoms with Crippen LogP contribution in [0.2, 0.25) is 0 Å². The SMILES string of the molecule is CCC(C)(CC)N1C(=O)C(C)(C)NC(=O)C1C. The van der Waals surface area contributed by atoms with Crippen LogP contribution in [0.15, 0.2) is 0 Å². The molecule has 0 saturated carbocycles. The van der Waals surface area contributed by atoms with Crippen molar-refractivity contribution in [3.05, 3.63) is 0 Å². The first-order valence-electron chi connectivity index (χ1n) is 6.35. The van der Waals surface area contributed by atoms with Gasteiger partial charge in [0.05, 0.1) is 0 Å². The Morgan fingerprint density at radius 3 is 2.18 bits per heavy atom. The van der Waals surface area contributed by atoms with E-state index in [1.54, 1.807) is 25.7 Å². The van der Waals surface area contributed by atoms with Gasteiger partial charge in [-0.15, -0.1) is 0 Å². The molecule has 0 aromatic rings. The maximum atomic E-state index is 12.5. The Hall–Kier alpha value is -1.06. The lowest BCUT2D eigenvalue weighted by Gasteiger charge is -2.50. The van der Waals surface area contributed by atoms with Crippen molar-refractivity contribution in [1.29, 1.82) is 0 Å². The molecule has 0 aromatic heterocycles. The predicted octanol–water partition coefficient (Wildman–Crippen LogP) is 1.69. The van der Waals surface area contributed by atoms with E-state index in [1.807, 2.05) is 0 Å². The minimum Gasteiger partial charge on any atom is -0.340 e. The maximum Gasteiger partial charge on any atom is 0.248 e. The van der Waals surface area contributed by atoms with Crippen LogP contribution in [0.3, 0.4) is 0 Å². The van der Waals surface area contributed by atoms with Crippen LogP contribution in [0, 0.1) is 0 Å². The van der Waals surface area contributed by atoms with E-state index in [9.17, 15) is 9.59 Å². The summed E-state index contributed by atoms with van der Waals surface area (Å²) in [5, 5.41) is 2.78. The van der Waals surface area contributed by atoms with Crippen molar-refractivity contribution in [2.75, 3.05) is 0 Å². The van der Waals surface area contributed by atoms with Gasteiger partial charge in [-0.25, -0.2) is 0 Å². The Labute approximate surface area is 104 Å². The molecule has 0 radical (unpaired) electrons. The van der Waals surface area contributed by atoms with Crippen molar-refractivity contribution in [1.82, 2.24) is 10.2 Å². The van der Waals surface area contributed by atoms with E-state index in [4.69, 9.17) is 0 Å². The lowest BCUT2D eigenvalue weighted by Crippen LogP contribution is -2.71. The molecule has 1 aliphatic rings. The van der Waals surface area contributed by atoms with Crippen LogP contribution in [-0.4, -0.2) is 33.8 Å². The van der Waals surface area contributed by atoms with E-state index in [2.05, 4.69) is 26.1 Å². The summed E-state index contributed by atoms with van der Waals surface area (Å²) < 4.78 is 0. The van der Waals surface area contributed by atoms with E-state index in [0.29, 0.717) is 0 Å². The molecule has 4 heteroatoms. The zero-order chi connectivity index (χ0) is 13.4. The van der Waals surface area contributed by atoms with Gasteiger partial charge in [0.25, 0.3) is 0 Å². The third-order valence-electron chi connectivity index (χ3n) is 4.06. The molecule has 0 aromatic carbocycles. The molecule has 4 nitrogen and oxygen atoms in total. The van der Waals surface area contributed by atoms with Crippen LogP contribution >= 0.6 is 0 Å². The number of nitrogens with zero attached hydrogens (tertiary/aromatic N) is 1. The third-order valence-corrected chi connectivity index (χ3v) is 4.06. The van der Waals surface area contributed by atoms with Gasteiger partial charge in [-0.1, -0.05) is 13.8 Å². The monoisotopic (exact) mass is 240 g/mol. The number of hydrogen-bond donors (Lipinski definition) is 1. The minimum atomic E-state index is -0.796. The summed E-state index contributed by atoms with van der Waals surface area (Å²) in [6.07, 6.45) is 1.70. The lowest BCUT2D eigenvalue weighted by molar-refractivity contribution is -0.160. The van der Waals surface area contributed by atoms with Gasteiger partial charge in [0, 0.05) is 5.54 Å². The van der Waals surface area contributed by atoms with Gasteiger partial charge in [0.15, 0.2) is 0 Å². The normalized spacial score (nSPS) is 24.8. The lowest BCUT2D eigenvalue weighted by atomic mass is 9.86. The molecule has 0 spiro atoms. The molecule has 1 fully saturated rings. The molecule has 98 valence electrons. The molecule has 2 amide bonds. The van der Waals surface area contributed by atoms with Gasteiger partial charge >= 0.3 is 0 Å². The van der Waals surface area contributed by atoms with Gasteiger partial charge < -0.3 is 10.2 Å². The molecule has 1 heterocycles. The number of nitrogens with one attached hydrogen (secondary N) is 1. The van der Waals surface area contributed by atoms with Gasteiger partial charge in [0.2, 0.25) is 11.8 Å². The summed E-state index contributed by atoms with van der Waals surface area (Å²) in [6, 6.07) is -0.388. The van der Waals surface area contributed by atoms with Crippen molar-refractivity contribution in [2.24, 2.45) is 0 Å². The number of amides is 2. The average Bonchev–Trinajstić information content (AvgIpc) is 2.26. The topological polar surface area (TPSA) is 49.4 Å². The van der Waals surface area contributed by atoms with Gasteiger partial charge in [0.1, 0.15) is 11.6 Å². The number of hydrogen-bond acceptors (Lipinski definition) is 2. The van der Waals surface area contributed by atoms with E-state index in [0.717, 1.165) is 12.8 Å². The summed E-state index contributed by atoms with van der Waals surface area (Å²) in [5.41, 5.74) is -1.04. The van der Waals surface area contributed by atoms with Crippen molar-refractivity contribution in [2.45, 2.75) is 71.5 Å². The van der Waals surface area contributed by atoms with E-state index in [1.165, 1.54) is 0 Å². The van der Waals surface area contributed by atoms with Crippen molar-refractivity contribution >= 4 is 11.8 Å². The predicted molar refractivity (Wildman–Crippen MR) is 67.5 cm³/mol. The second kappa shape index (κ2) is 4.31. The fourth-order valence-corrected chi connectivity index (χ4v) is 2.36. The minimum absolute atomic E-state index is 0.0100. The largest absolute Gasteiger partial charge is 0.340 e. The Morgan fingerprint density at radius 1 is 1.29 bits per heavy atom. The number of rotatable bonds is 3. The molecule has 1 rings (SSSR count). The van der Waals surface area contributed by atoms with Crippen molar-refractivity contribution in [3.63, 3.8) is 0 Å². The van der Waals surface area contributed by atoms with Crippen LogP contribution < -0.4 is 5.32 Å². The highest BCUT2D eigenvalue weighted by Crippen LogP contribution is 2.31. The van der Waals surface area contributed by atoms with Crippen LogP contribution in [0.1, 0.15) is 54.4 Å². The molecule has 0 aliphatic carbocycles. The summed E-state index contributed by atoms with van der Waals surface area (Å²) in [7, 11) is 0. The summed E-state index contributed by atoms with van der Waals surface area (Å²) in [6.45, 7) is 11.5. The van der Waals surface area contributed by atoms with Gasteiger partial charge in [-0.05, 0) is 40.5 Å². The van der Waals surface area contributed by atoms with Gasteiger partial charge in [-0.2, -0.15) is 0 Å². The standard InChI is InChI=1S/C13H24N2O2/c1-7-13(6,8-2)15-9(3)10(16)14-12(4,5)11(15)17/h9H,7-8H2,1-6H3,(H,14,16). The molecular formula is C13H24N2O2. The van der Waals surface area contributed by atoms with Crippen molar-refractivity contribution in [3.8, 4) is 0 Å². The molecule has 0 bridgehead atoms. The Kier molecular flexibility index (Phi) is 3.55. The first-order chi connectivity index (χ1) is 7.69. The molecule has 1 unspecified atom stereocenters. The van der Waals surface area contributed by atoms with E-state index < -0.39 is 5.54 Å². The fourth-order valence-electron chi connectivity index (χ4n) is 2.36. The highest BCUT2D eigenvalue weighted by molar-refractivity contribution is 5.99. The fraction of sp³-hybridized carbons (Fsp3) is 0.846. The second-order valence-corrected chi connectivity index (χ2v) is 5.67. The number of piperazine rings is 1. The molecule has 1 N–H and O–H groups in total. The Bertz CT molecular complexity index is 332. The quantitative estimate of drug-likeness (QED) is 0.816. The molecule has 17 heavy (non-hydrogen) atoms. The molecule has 1 atom stereocenters. The van der Waals surface area contributed by atoms with Crippen molar-refractivity contribution < 1.29 is 9.59 Å². The molecule has 1 saturated heterocycles. The van der Waals surface area contributed by atoms with E-state index in [-0.39, 0.29) is 23.4 Å². The van der Waals surface area contributed by atoms with Crippen LogP contribution in [-0.2, 0) is 9.59 Å². The number of carbonyl (C=O) groups is 2. The Balaban J connectivity index is 3.18. The summed E-state index contributed by atoms with van der Waals surface area (Å²) >= 11 is 0. The highest BCUT2D eigenvalue weighted by Gasteiger charge is 2.48. The maximum absolute atomic E-state index is 12.5. The van der Waals surface area contributed by atoms with E-state index >= 15 is 0 Å². The zero-order valence-corrected chi connectivity index (χ0v) is 11.8. The average molecular weight is 240 g/mol. The van der Waals surface area contributed by atoms with Crippen LogP contribution in [0.5, 0.6) is 0 Å². The molecular weight excluding hydrogens is 216 g/mol. The first kappa shape index (κ1) is 14.0. The third kappa shape index (κ3) is 2.17. The first-order valence-corrected chi connectivity index (χ1v) is 6.35. The smallest absolute Gasteiger partial charge is 0.248 e. The number of carbonyl (C=O) groups excluding carboxylic acids is 2. The van der Waals surface area contributed by atoms with Crippen LogP contribution in [0.4, 0.5) is 0 Å². The second-order valence-electron chi connectivity index (χ2n) is 5.67. The zero-order valence-electron chi connectivity index (χ0n) is 11.8. The molecule has 1 aliphatic heterocycles. The van der Waals surface area contributed by atoms with Gasteiger partial charge in [-0.3, -0.25) is 9.59 Å².